The van der Waals surface area contributed by atoms with Gasteiger partial charge in [0.05, 0.1) is 18.8 Å². The lowest BCUT2D eigenvalue weighted by atomic mass is 10.1. The van der Waals surface area contributed by atoms with Gasteiger partial charge in [-0.05, 0) is 26.2 Å². The Morgan fingerprint density at radius 3 is 2.55 bits per heavy atom. The third-order valence-electron chi connectivity index (χ3n) is 3.08. The summed E-state index contributed by atoms with van der Waals surface area (Å²) >= 11 is 1.72. The summed E-state index contributed by atoms with van der Waals surface area (Å²) in [5.41, 5.74) is 1.11. The van der Waals surface area contributed by atoms with Crippen molar-refractivity contribution in [1.82, 2.24) is 15.6 Å². The van der Waals surface area contributed by atoms with E-state index in [-0.39, 0.29) is 24.0 Å². The third-order valence-corrected chi connectivity index (χ3v) is 4.15. The fourth-order valence-electron chi connectivity index (χ4n) is 1.66. The maximum absolute atomic E-state index is 5.57. The molecule has 0 aliphatic heterocycles. The van der Waals surface area contributed by atoms with Crippen molar-refractivity contribution >= 4 is 41.3 Å². The van der Waals surface area contributed by atoms with Gasteiger partial charge < -0.3 is 15.4 Å². The highest BCUT2D eigenvalue weighted by molar-refractivity contribution is 14.0. The zero-order valence-corrected chi connectivity index (χ0v) is 17.4. The van der Waals surface area contributed by atoms with Gasteiger partial charge in [0.25, 0.3) is 0 Å². The first kappa shape index (κ1) is 21.6. The topological polar surface area (TPSA) is 58.5 Å². The van der Waals surface area contributed by atoms with Gasteiger partial charge in [0.15, 0.2) is 5.96 Å². The number of nitrogens with one attached hydrogen (secondary N) is 2. The Bertz CT molecular complexity index is 429. The molecule has 0 aromatic carbocycles. The predicted molar refractivity (Wildman–Crippen MR) is 105 cm³/mol. The van der Waals surface area contributed by atoms with Crippen molar-refractivity contribution in [2.45, 2.75) is 40.7 Å². The molecule has 0 saturated heterocycles. The summed E-state index contributed by atoms with van der Waals surface area (Å²) in [4.78, 5) is 9.97. The van der Waals surface area contributed by atoms with E-state index >= 15 is 0 Å². The summed E-state index contributed by atoms with van der Waals surface area (Å²) in [6.45, 7) is 11.5. The predicted octanol–water partition coefficient (Wildman–Crippen LogP) is 3.11. The maximum atomic E-state index is 5.57. The van der Waals surface area contributed by atoms with Crippen molar-refractivity contribution in [1.29, 1.82) is 0 Å². The second-order valence-corrected chi connectivity index (χ2v) is 6.68. The van der Waals surface area contributed by atoms with E-state index in [0.29, 0.717) is 19.1 Å². The molecule has 22 heavy (non-hydrogen) atoms. The molecule has 0 atom stereocenters. The maximum Gasteiger partial charge on any atom is 0.191 e. The average molecular weight is 440 g/mol. The molecule has 5 nitrogen and oxygen atoms in total. The average Bonchev–Trinajstić information content (AvgIpc) is 2.76. The quantitative estimate of drug-likeness (QED) is 0.282. The summed E-state index contributed by atoms with van der Waals surface area (Å²) < 4.78 is 5.57. The molecule has 0 spiro atoms. The molecule has 0 bridgehead atoms. The Hall–Kier alpha value is -0.410. The standard InChI is InChI=1S/C15H28N4OS.HI/c1-11(2)6-8-20-9-7-17-15(16-5)18-10-14-19-12(3)13(4)21-14;/h11H,6-10H2,1-5H3,(H2,16,17,18);1H. The first-order valence-electron chi connectivity index (χ1n) is 7.48. The number of hydrogen-bond donors (Lipinski definition) is 2. The lowest BCUT2D eigenvalue weighted by molar-refractivity contribution is 0.128. The SMILES string of the molecule is CN=C(NCCOCCC(C)C)NCc1nc(C)c(C)s1.I. The van der Waals surface area contributed by atoms with Crippen LogP contribution in [0.5, 0.6) is 0 Å². The van der Waals surface area contributed by atoms with Crippen molar-refractivity contribution in [2.75, 3.05) is 26.8 Å². The number of ether oxygens (including phenoxy) is 1. The van der Waals surface area contributed by atoms with Gasteiger partial charge in [-0.3, -0.25) is 4.99 Å². The van der Waals surface area contributed by atoms with Gasteiger partial charge >= 0.3 is 0 Å². The van der Waals surface area contributed by atoms with Gasteiger partial charge in [-0.15, -0.1) is 35.3 Å². The van der Waals surface area contributed by atoms with E-state index in [9.17, 15) is 0 Å². The lowest BCUT2D eigenvalue weighted by Crippen LogP contribution is -2.38. The first-order chi connectivity index (χ1) is 10.0. The molecule has 0 unspecified atom stereocenters. The summed E-state index contributed by atoms with van der Waals surface area (Å²) in [7, 11) is 1.77. The third kappa shape index (κ3) is 8.89. The molecule has 0 aliphatic rings. The Labute approximate surface area is 155 Å². The summed E-state index contributed by atoms with van der Waals surface area (Å²) in [6.07, 6.45) is 1.11. The van der Waals surface area contributed by atoms with Crippen LogP contribution >= 0.6 is 35.3 Å². The molecule has 1 rings (SSSR count). The molecule has 0 aliphatic carbocycles. The zero-order valence-electron chi connectivity index (χ0n) is 14.2. The van der Waals surface area contributed by atoms with Crippen LogP contribution in [0.25, 0.3) is 0 Å². The molecule has 7 heteroatoms. The second-order valence-electron chi connectivity index (χ2n) is 5.40. The number of rotatable bonds is 8. The van der Waals surface area contributed by atoms with Crippen LogP contribution in [-0.4, -0.2) is 37.7 Å². The smallest absolute Gasteiger partial charge is 0.191 e. The van der Waals surface area contributed by atoms with Gasteiger partial charge in [0, 0.05) is 25.1 Å². The normalized spacial score (nSPS) is 11.5. The summed E-state index contributed by atoms with van der Waals surface area (Å²) in [6, 6.07) is 0. The minimum atomic E-state index is 0. The van der Waals surface area contributed by atoms with E-state index < -0.39 is 0 Å². The fourth-order valence-corrected chi connectivity index (χ4v) is 2.53. The molecule has 1 aromatic heterocycles. The summed E-state index contributed by atoms with van der Waals surface area (Å²) in [5.74, 6) is 1.48. The molecule has 0 saturated carbocycles. The highest BCUT2D eigenvalue weighted by Crippen LogP contribution is 2.15. The molecule has 1 aromatic rings. The van der Waals surface area contributed by atoms with Gasteiger partial charge in [-0.2, -0.15) is 0 Å². The van der Waals surface area contributed by atoms with Crippen LogP contribution in [0.15, 0.2) is 4.99 Å². The van der Waals surface area contributed by atoms with Crippen molar-refractivity contribution in [2.24, 2.45) is 10.9 Å². The van der Waals surface area contributed by atoms with E-state index in [0.717, 1.165) is 36.2 Å². The highest BCUT2D eigenvalue weighted by atomic mass is 127. The lowest BCUT2D eigenvalue weighted by Gasteiger charge is -2.11. The number of hydrogen-bond acceptors (Lipinski definition) is 4. The second kappa shape index (κ2) is 12.1. The zero-order chi connectivity index (χ0) is 15.7. The van der Waals surface area contributed by atoms with E-state index in [2.05, 4.69) is 41.4 Å². The Kier molecular flexibility index (Phi) is 11.8. The first-order valence-corrected chi connectivity index (χ1v) is 8.29. The highest BCUT2D eigenvalue weighted by Gasteiger charge is 2.04. The van der Waals surface area contributed by atoms with E-state index in [1.165, 1.54) is 4.88 Å². The molecule has 2 N–H and O–H groups in total. The van der Waals surface area contributed by atoms with Gasteiger partial charge in [0.2, 0.25) is 0 Å². The Balaban J connectivity index is 0.00000441. The van der Waals surface area contributed by atoms with Crippen LogP contribution in [0.4, 0.5) is 0 Å². The molecule has 0 amide bonds. The van der Waals surface area contributed by atoms with Crippen molar-refractivity contribution < 1.29 is 4.74 Å². The number of nitrogens with zero attached hydrogens (tertiary/aromatic N) is 2. The van der Waals surface area contributed by atoms with E-state index in [1.807, 2.05) is 6.92 Å². The van der Waals surface area contributed by atoms with Gasteiger partial charge in [-0.1, -0.05) is 13.8 Å². The minimum absolute atomic E-state index is 0. The number of aliphatic imine (C=N–C) groups is 1. The minimum Gasteiger partial charge on any atom is -0.380 e. The molecule has 0 radical (unpaired) electrons. The molecule has 0 fully saturated rings. The van der Waals surface area contributed by atoms with Crippen LogP contribution in [-0.2, 0) is 11.3 Å². The number of aryl methyl sites for hydroxylation is 2. The van der Waals surface area contributed by atoms with Crippen LogP contribution in [0.2, 0.25) is 0 Å². The van der Waals surface area contributed by atoms with E-state index in [1.54, 1.807) is 18.4 Å². The van der Waals surface area contributed by atoms with Crippen LogP contribution in [0.3, 0.4) is 0 Å². The Morgan fingerprint density at radius 1 is 1.27 bits per heavy atom. The van der Waals surface area contributed by atoms with Crippen molar-refractivity contribution in [3.8, 4) is 0 Å². The van der Waals surface area contributed by atoms with Crippen LogP contribution in [0.1, 0.15) is 35.8 Å². The summed E-state index contributed by atoms with van der Waals surface area (Å²) in [5, 5.41) is 7.59. The van der Waals surface area contributed by atoms with Crippen LogP contribution in [0, 0.1) is 19.8 Å². The molecule has 1 heterocycles. The largest absolute Gasteiger partial charge is 0.380 e. The van der Waals surface area contributed by atoms with Crippen molar-refractivity contribution in [3.63, 3.8) is 0 Å². The van der Waals surface area contributed by atoms with Crippen molar-refractivity contribution in [3.05, 3.63) is 15.6 Å². The molecular weight excluding hydrogens is 411 g/mol. The fraction of sp³-hybridized carbons (Fsp3) is 0.733. The number of halogens is 1. The van der Waals surface area contributed by atoms with Crippen LogP contribution < -0.4 is 10.6 Å². The number of thiazole rings is 1. The number of guanidine groups is 1. The molecular formula is C15H29IN4OS. The monoisotopic (exact) mass is 440 g/mol. The van der Waals surface area contributed by atoms with Gasteiger partial charge in [0.1, 0.15) is 5.01 Å². The van der Waals surface area contributed by atoms with E-state index in [4.69, 9.17) is 4.74 Å². The Morgan fingerprint density at radius 2 is 2.00 bits per heavy atom. The molecule has 128 valence electrons. The number of aromatic nitrogens is 1. The van der Waals surface area contributed by atoms with Gasteiger partial charge in [-0.25, -0.2) is 4.98 Å².